The van der Waals surface area contributed by atoms with Gasteiger partial charge in [-0.2, -0.15) is 10.1 Å². The predicted molar refractivity (Wildman–Crippen MR) is 59.5 cm³/mol. The molecule has 0 unspecified atom stereocenters. The largest absolute Gasteiger partial charge is 0.343 e. The fourth-order valence-electron chi connectivity index (χ4n) is 1.39. The quantitative estimate of drug-likeness (QED) is 0.636. The molecule has 0 spiro atoms. The molecule has 9 nitrogen and oxygen atoms in total. The van der Waals surface area contributed by atoms with E-state index in [0.717, 1.165) is 6.39 Å². The Hall–Kier alpha value is -1.78. The molecule has 0 aliphatic rings. The van der Waals surface area contributed by atoms with Crippen molar-refractivity contribution in [3.63, 3.8) is 0 Å². The predicted octanol–water partition coefficient (Wildman–Crippen LogP) is -0.962. The maximum atomic E-state index is 12.0. The molecule has 98 valence electrons. The molecule has 2 rings (SSSR count). The van der Waals surface area contributed by atoms with E-state index < -0.39 is 10.0 Å². The highest BCUT2D eigenvalue weighted by Crippen LogP contribution is 2.15. The zero-order valence-corrected chi connectivity index (χ0v) is 10.4. The highest BCUT2D eigenvalue weighted by Gasteiger charge is 2.23. The Morgan fingerprint density at radius 2 is 2.33 bits per heavy atom. The lowest BCUT2D eigenvalue weighted by Crippen LogP contribution is -2.25. The average molecular weight is 272 g/mol. The summed E-state index contributed by atoms with van der Waals surface area (Å²) in [6, 6.07) is 0. The molecule has 0 amide bonds. The van der Waals surface area contributed by atoms with Crippen molar-refractivity contribution in [2.75, 3.05) is 0 Å². The minimum Gasteiger partial charge on any atom is -0.343 e. The normalized spacial score (nSPS) is 11.9. The number of hydrogen-bond acceptors (Lipinski definition) is 7. The van der Waals surface area contributed by atoms with Crippen molar-refractivity contribution in [2.45, 2.75) is 25.0 Å². The monoisotopic (exact) mass is 272 g/mol. The Kier molecular flexibility index (Phi) is 3.41. The third kappa shape index (κ3) is 2.39. The molecule has 0 aliphatic carbocycles. The van der Waals surface area contributed by atoms with Crippen LogP contribution in [0.3, 0.4) is 0 Å². The Morgan fingerprint density at radius 3 is 2.94 bits per heavy atom. The number of hydrogen-bond donors (Lipinski definition) is 3. The summed E-state index contributed by atoms with van der Waals surface area (Å²) in [6.45, 7) is 1.71. The first-order valence-corrected chi connectivity index (χ1v) is 6.51. The molecule has 0 bridgehead atoms. The highest BCUT2D eigenvalue weighted by atomic mass is 32.2. The van der Waals surface area contributed by atoms with Crippen LogP contribution in [-0.4, -0.2) is 28.8 Å². The molecule has 0 saturated heterocycles. The van der Waals surface area contributed by atoms with Crippen LogP contribution >= 0.6 is 0 Å². The van der Waals surface area contributed by atoms with Crippen LogP contribution in [0.15, 0.2) is 15.9 Å². The number of sulfonamides is 1. The number of nitrogens with zero attached hydrogens (tertiary/aromatic N) is 3. The summed E-state index contributed by atoms with van der Waals surface area (Å²) >= 11 is 0. The maximum absolute atomic E-state index is 12.0. The lowest BCUT2D eigenvalue weighted by atomic mass is 10.3. The van der Waals surface area contributed by atoms with E-state index in [1.54, 1.807) is 6.92 Å². The van der Waals surface area contributed by atoms with Crippen LogP contribution in [0.4, 0.5) is 0 Å². The molecule has 0 atom stereocenters. The summed E-state index contributed by atoms with van der Waals surface area (Å²) in [4.78, 5) is 3.70. The first-order valence-electron chi connectivity index (χ1n) is 5.03. The second kappa shape index (κ2) is 4.84. The summed E-state index contributed by atoms with van der Waals surface area (Å²) < 4.78 is 30.8. The van der Waals surface area contributed by atoms with E-state index in [1.165, 1.54) is 0 Å². The zero-order chi connectivity index (χ0) is 13.2. The van der Waals surface area contributed by atoms with Gasteiger partial charge in [0.1, 0.15) is 0 Å². The van der Waals surface area contributed by atoms with Crippen molar-refractivity contribution >= 4 is 10.0 Å². The number of aromatic nitrogens is 4. The Labute approximate surface area is 103 Å². The molecule has 2 aromatic rings. The van der Waals surface area contributed by atoms with E-state index in [2.05, 4.69) is 29.6 Å². The number of nitrogens with one attached hydrogen (secondary N) is 2. The van der Waals surface area contributed by atoms with Gasteiger partial charge in [-0.25, -0.2) is 13.1 Å². The van der Waals surface area contributed by atoms with Crippen molar-refractivity contribution < 1.29 is 12.9 Å². The van der Waals surface area contributed by atoms with Gasteiger partial charge in [0, 0.05) is 17.8 Å². The van der Waals surface area contributed by atoms with Crippen LogP contribution in [0, 0.1) is 6.92 Å². The third-order valence-corrected chi connectivity index (χ3v) is 3.69. The van der Waals surface area contributed by atoms with Gasteiger partial charge in [-0.1, -0.05) is 5.16 Å². The first kappa shape index (κ1) is 12.7. The van der Waals surface area contributed by atoms with Gasteiger partial charge in [-0.3, -0.25) is 5.10 Å². The molecule has 0 radical (unpaired) electrons. The van der Waals surface area contributed by atoms with Gasteiger partial charge in [0.05, 0.1) is 6.54 Å². The summed E-state index contributed by atoms with van der Waals surface area (Å²) in [5.41, 5.74) is 6.57. The van der Waals surface area contributed by atoms with Crippen molar-refractivity contribution in [3.05, 3.63) is 23.5 Å². The molecule has 2 aromatic heterocycles. The van der Waals surface area contributed by atoms with E-state index in [9.17, 15) is 8.42 Å². The highest BCUT2D eigenvalue weighted by molar-refractivity contribution is 7.89. The molecule has 18 heavy (non-hydrogen) atoms. The molecule has 0 saturated carbocycles. The van der Waals surface area contributed by atoms with Gasteiger partial charge in [-0.15, -0.1) is 0 Å². The topological polar surface area (TPSA) is 140 Å². The van der Waals surface area contributed by atoms with Crippen LogP contribution in [0.25, 0.3) is 0 Å². The maximum Gasteiger partial charge on any atom is 0.260 e. The summed E-state index contributed by atoms with van der Waals surface area (Å²) in [5, 5.41) is 9.72. The van der Waals surface area contributed by atoms with Crippen LogP contribution < -0.4 is 10.5 Å². The van der Waals surface area contributed by atoms with Crippen molar-refractivity contribution in [2.24, 2.45) is 5.73 Å². The fourth-order valence-corrected chi connectivity index (χ4v) is 2.57. The second-order valence-electron chi connectivity index (χ2n) is 3.51. The summed E-state index contributed by atoms with van der Waals surface area (Å²) in [5.74, 6) is 0.236. The smallest absolute Gasteiger partial charge is 0.260 e. The van der Waals surface area contributed by atoms with Crippen molar-refractivity contribution in [3.8, 4) is 0 Å². The van der Waals surface area contributed by atoms with Gasteiger partial charge >= 0.3 is 0 Å². The first-order chi connectivity index (χ1) is 8.54. The Morgan fingerprint density at radius 1 is 1.56 bits per heavy atom. The molecule has 10 heteroatoms. The average Bonchev–Trinajstić information content (AvgIpc) is 2.95. The van der Waals surface area contributed by atoms with Crippen molar-refractivity contribution in [1.82, 2.24) is 25.1 Å². The Balaban J connectivity index is 2.20. The fraction of sp³-hybridized carbons (Fsp3) is 0.375. The molecule has 2 heterocycles. The van der Waals surface area contributed by atoms with Gasteiger partial charge < -0.3 is 10.3 Å². The molecule has 4 N–H and O–H groups in total. The van der Waals surface area contributed by atoms with E-state index in [0.29, 0.717) is 11.3 Å². The van der Waals surface area contributed by atoms with Gasteiger partial charge in [-0.05, 0) is 6.92 Å². The second-order valence-corrected chi connectivity index (χ2v) is 5.19. The standard InChI is InChI=1S/C8H12N6O3S/c1-5-6(2-9)8(13-12-5)18(15,16)11-3-7-10-4-17-14-7/h4,11H,2-3,9H2,1H3,(H,12,13). The van der Waals surface area contributed by atoms with Crippen LogP contribution in [0.2, 0.25) is 0 Å². The summed E-state index contributed by atoms with van der Waals surface area (Å²) in [7, 11) is -3.75. The SMILES string of the molecule is Cc1[nH]nc(S(=O)(=O)NCc2ncon2)c1CN. The third-order valence-electron chi connectivity index (χ3n) is 2.32. The van der Waals surface area contributed by atoms with Gasteiger partial charge in [0.2, 0.25) is 6.39 Å². The van der Waals surface area contributed by atoms with Crippen LogP contribution in [0.5, 0.6) is 0 Å². The van der Waals surface area contributed by atoms with E-state index in [1.807, 2.05) is 0 Å². The molecule has 0 aliphatic heterocycles. The molecular formula is C8H12N6O3S. The number of H-pyrrole nitrogens is 1. The Bertz CT molecular complexity index is 617. The van der Waals surface area contributed by atoms with E-state index >= 15 is 0 Å². The number of aromatic amines is 1. The van der Waals surface area contributed by atoms with Crippen molar-refractivity contribution in [1.29, 1.82) is 0 Å². The van der Waals surface area contributed by atoms with Crippen LogP contribution in [-0.2, 0) is 23.1 Å². The zero-order valence-electron chi connectivity index (χ0n) is 9.54. The lowest BCUT2D eigenvalue weighted by Gasteiger charge is -2.03. The number of nitrogens with two attached hydrogens (primary N) is 1. The van der Waals surface area contributed by atoms with Crippen LogP contribution in [0.1, 0.15) is 17.1 Å². The number of aryl methyl sites for hydroxylation is 1. The number of rotatable bonds is 5. The summed E-state index contributed by atoms with van der Waals surface area (Å²) in [6.07, 6.45) is 1.12. The molecular weight excluding hydrogens is 260 g/mol. The molecule has 0 aromatic carbocycles. The lowest BCUT2D eigenvalue weighted by molar-refractivity contribution is 0.409. The van der Waals surface area contributed by atoms with E-state index in [4.69, 9.17) is 5.73 Å². The minimum absolute atomic E-state index is 0.0747. The van der Waals surface area contributed by atoms with Gasteiger partial charge in [0.25, 0.3) is 10.0 Å². The molecule has 0 fully saturated rings. The minimum atomic E-state index is -3.75. The van der Waals surface area contributed by atoms with Gasteiger partial charge in [0.15, 0.2) is 10.9 Å². The van der Waals surface area contributed by atoms with E-state index in [-0.39, 0.29) is 23.9 Å².